The Balaban J connectivity index is 1.39. The second kappa shape index (κ2) is 16.1. The largest absolute Gasteiger partial charge is 0.485 e. The lowest BCUT2D eigenvalue weighted by molar-refractivity contribution is -0.122. The number of rotatable bonds is 16. The number of nitrogens with one attached hydrogen (secondary N) is 6. The molecule has 248 valence electrons. The number of hydrogen-bond acceptors (Lipinski definition) is 9. The monoisotopic (exact) mass is 649 g/mol. The van der Waals surface area contributed by atoms with Gasteiger partial charge in [0.2, 0.25) is 11.7 Å². The number of ether oxygens (including phenoxy) is 1. The maximum absolute atomic E-state index is 15.0. The van der Waals surface area contributed by atoms with Gasteiger partial charge in [-0.3, -0.25) is 19.4 Å². The first-order valence-electron chi connectivity index (χ1n) is 14.9. The molecule has 4 rings (SSSR count). The number of guanidine groups is 1. The summed E-state index contributed by atoms with van der Waals surface area (Å²) >= 11 is 0. The number of aromatic nitrogens is 3. The van der Waals surface area contributed by atoms with Crippen LogP contribution < -0.4 is 37.5 Å². The van der Waals surface area contributed by atoms with Crippen molar-refractivity contribution in [2.24, 2.45) is 11.5 Å². The number of carbonyl (C=O) groups is 2. The van der Waals surface area contributed by atoms with Crippen LogP contribution in [0.4, 0.5) is 20.3 Å². The van der Waals surface area contributed by atoms with Gasteiger partial charge in [0.25, 0.3) is 5.91 Å². The molecular weight excluding hydrogens is 612 g/mol. The number of nitrogens with two attached hydrogens (primary N) is 2. The third-order valence-electron chi connectivity index (χ3n) is 7.12. The Morgan fingerprint density at radius 1 is 1.09 bits per heavy atom. The second-order valence-electron chi connectivity index (χ2n) is 10.4. The Kier molecular flexibility index (Phi) is 11.7. The Labute approximate surface area is 269 Å². The van der Waals surface area contributed by atoms with Crippen LogP contribution in [0, 0.1) is 22.5 Å². The lowest BCUT2D eigenvalue weighted by Gasteiger charge is -2.14. The van der Waals surface area contributed by atoms with Crippen molar-refractivity contribution in [2.75, 3.05) is 31.6 Å². The van der Waals surface area contributed by atoms with Crippen LogP contribution in [0.15, 0.2) is 48.9 Å². The Morgan fingerprint density at radius 3 is 2.62 bits per heavy atom. The molecule has 2 aromatic carbocycles. The van der Waals surface area contributed by atoms with E-state index in [0.29, 0.717) is 54.2 Å². The van der Waals surface area contributed by atoms with Gasteiger partial charge in [0, 0.05) is 55.1 Å². The van der Waals surface area contributed by atoms with E-state index in [-0.39, 0.29) is 48.8 Å². The molecule has 14 nitrogen and oxygen atoms in total. The standard InChI is InChI=1S/C31H37F2N11O3/c1-2-18-16-19(5-6-20(18)29(45)39-11-12-40-30(46)22(35)4-3-10-41-31(36)37)43-27-28-42-17-23(44(28)14-13-38-27)21-7-8-24(47-15-9-34)26(33)25(21)32/h5-9,13-14,16-17,22,34H,2-4,10-12,15,35H2,1H3,(H,38,43)(H,39,45)(H,40,46)(H4,36,37,41)/t22-/m0/s1. The van der Waals surface area contributed by atoms with Crippen molar-refractivity contribution in [3.05, 3.63) is 71.7 Å². The molecule has 4 aromatic rings. The topological polar surface area (TPSA) is 221 Å². The molecule has 10 N–H and O–H groups in total. The van der Waals surface area contributed by atoms with Gasteiger partial charge in [0.05, 0.1) is 17.9 Å². The normalized spacial score (nSPS) is 11.5. The molecule has 0 aliphatic rings. The predicted octanol–water partition coefficient (Wildman–Crippen LogP) is 2.45. The van der Waals surface area contributed by atoms with Crippen LogP contribution in [-0.2, 0) is 11.2 Å². The highest BCUT2D eigenvalue weighted by atomic mass is 19.2. The molecular formula is C31H37F2N11O3. The number of aryl methyl sites for hydroxylation is 1. The van der Waals surface area contributed by atoms with Crippen molar-refractivity contribution >= 4 is 41.1 Å². The molecule has 0 aliphatic heterocycles. The van der Waals surface area contributed by atoms with E-state index in [4.69, 9.17) is 27.0 Å². The Bertz CT molecular complexity index is 1760. The maximum Gasteiger partial charge on any atom is 0.251 e. The molecule has 2 aromatic heterocycles. The summed E-state index contributed by atoms with van der Waals surface area (Å²) in [5.74, 6) is -2.99. The van der Waals surface area contributed by atoms with Gasteiger partial charge in [-0.05, 0) is 55.2 Å². The van der Waals surface area contributed by atoms with Crippen molar-refractivity contribution in [3.8, 4) is 17.0 Å². The number of carbonyl (C=O) groups excluding carboxylic acids is 2. The van der Waals surface area contributed by atoms with E-state index in [1.54, 1.807) is 22.7 Å². The molecule has 0 radical (unpaired) electrons. The van der Waals surface area contributed by atoms with Gasteiger partial charge < -0.3 is 42.9 Å². The Morgan fingerprint density at radius 2 is 1.87 bits per heavy atom. The average Bonchev–Trinajstić information content (AvgIpc) is 3.50. The van der Waals surface area contributed by atoms with E-state index >= 15 is 4.39 Å². The van der Waals surface area contributed by atoms with E-state index in [1.165, 1.54) is 24.5 Å². The number of fused-ring (bicyclic) bond motifs is 1. The number of benzene rings is 2. The van der Waals surface area contributed by atoms with E-state index in [2.05, 4.69) is 31.2 Å². The first-order chi connectivity index (χ1) is 22.6. The highest BCUT2D eigenvalue weighted by Crippen LogP contribution is 2.32. The van der Waals surface area contributed by atoms with Gasteiger partial charge in [0.15, 0.2) is 29.0 Å². The number of hydrogen-bond donors (Lipinski definition) is 8. The van der Waals surface area contributed by atoms with E-state index in [1.807, 2.05) is 13.0 Å². The highest BCUT2D eigenvalue weighted by Gasteiger charge is 2.20. The fourth-order valence-corrected chi connectivity index (χ4v) is 4.77. The molecule has 0 fully saturated rings. The van der Waals surface area contributed by atoms with Gasteiger partial charge in [-0.1, -0.05) is 6.92 Å². The van der Waals surface area contributed by atoms with E-state index in [9.17, 15) is 14.0 Å². The first-order valence-corrected chi connectivity index (χ1v) is 14.9. The SMILES string of the molecule is CCc1cc(Nc2nccn3c(-c4ccc(OCC=N)c(F)c4F)cnc23)ccc1C(=O)NCCNC(=O)[C@@H](N)CCCNC(=N)N. The quantitative estimate of drug-likeness (QED) is 0.0507. The minimum absolute atomic E-state index is 0.0286. The molecule has 0 saturated carbocycles. The lowest BCUT2D eigenvalue weighted by Crippen LogP contribution is -2.44. The van der Waals surface area contributed by atoms with Gasteiger partial charge in [-0.25, -0.2) is 14.4 Å². The summed E-state index contributed by atoms with van der Waals surface area (Å²) in [6, 6.07) is 7.17. The van der Waals surface area contributed by atoms with Crippen LogP contribution in [-0.4, -0.2) is 70.6 Å². The molecule has 2 amide bonds. The van der Waals surface area contributed by atoms with Crippen molar-refractivity contribution in [1.29, 1.82) is 10.8 Å². The molecule has 0 saturated heterocycles. The molecule has 0 aliphatic carbocycles. The molecule has 0 spiro atoms. The summed E-state index contributed by atoms with van der Waals surface area (Å²) in [5.41, 5.74) is 13.6. The van der Waals surface area contributed by atoms with Crippen molar-refractivity contribution < 1.29 is 23.1 Å². The van der Waals surface area contributed by atoms with Crippen LogP contribution >= 0.6 is 0 Å². The van der Waals surface area contributed by atoms with E-state index < -0.39 is 17.7 Å². The third-order valence-corrected chi connectivity index (χ3v) is 7.12. The summed E-state index contributed by atoms with van der Waals surface area (Å²) in [6.45, 7) is 2.58. The van der Waals surface area contributed by atoms with E-state index in [0.717, 1.165) is 11.8 Å². The summed E-state index contributed by atoms with van der Waals surface area (Å²) in [5, 5.41) is 25.5. The predicted molar refractivity (Wildman–Crippen MR) is 174 cm³/mol. The summed E-state index contributed by atoms with van der Waals surface area (Å²) < 4.78 is 36.3. The average molecular weight is 650 g/mol. The maximum atomic E-state index is 15.0. The second-order valence-corrected chi connectivity index (χ2v) is 10.4. The highest BCUT2D eigenvalue weighted by molar-refractivity contribution is 5.96. The zero-order chi connectivity index (χ0) is 33.9. The molecule has 2 heterocycles. The third kappa shape index (κ3) is 8.55. The van der Waals surface area contributed by atoms with Crippen LogP contribution in [0.2, 0.25) is 0 Å². The van der Waals surface area contributed by atoms with Crippen molar-refractivity contribution in [3.63, 3.8) is 0 Å². The van der Waals surface area contributed by atoms with Crippen LogP contribution in [0.3, 0.4) is 0 Å². The Hall–Kier alpha value is -5.64. The summed E-state index contributed by atoms with van der Waals surface area (Å²) in [6.07, 6.45) is 6.97. The first kappa shape index (κ1) is 34.2. The minimum atomic E-state index is -1.16. The minimum Gasteiger partial charge on any atom is -0.485 e. The fraction of sp³-hybridized carbons (Fsp3) is 0.290. The zero-order valence-electron chi connectivity index (χ0n) is 25.7. The number of nitrogens with zero attached hydrogens (tertiary/aromatic N) is 3. The van der Waals surface area contributed by atoms with Crippen molar-refractivity contribution in [2.45, 2.75) is 32.2 Å². The number of imidazole rings is 1. The molecule has 1 atom stereocenters. The summed E-state index contributed by atoms with van der Waals surface area (Å²) in [4.78, 5) is 33.9. The lowest BCUT2D eigenvalue weighted by atomic mass is 10.0. The fourth-order valence-electron chi connectivity index (χ4n) is 4.77. The zero-order valence-corrected chi connectivity index (χ0v) is 25.7. The van der Waals surface area contributed by atoms with Crippen LogP contribution in [0.1, 0.15) is 35.7 Å². The van der Waals surface area contributed by atoms with Crippen LogP contribution in [0.25, 0.3) is 16.9 Å². The number of anilines is 2. The number of amides is 2. The van der Waals surface area contributed by atoms with Crippen LogP contribution in [0.5, 0.6) is 5.75 Å². The molecule has 0 bridgehead atoms. The smallest absolute Gasteiger partial charge is 0.251 e. The van der Waals surface area contributed by atoms with Gasteiger partial charge in [0.1, 0.15) is 6.61 Å². The number of halogens is 2. The molecule has 47 heavy (non-hydrogen) atoms. The van der Waals surface area contributed by atoms with Gasteiger partial charge in [-0.15, -0.1) is 0 Å². The molecule has 16 heteroatoms. The summed E-state index contributed by atoms with van der Waals surface area (Å²) in [7, 11) is 0. The van der Waals surface area contributed by atoms with Crippen molar-refractivity contribution in [1.82, 2.24) is 30.3 Å². The van der Waals surface area contributed by atoms with Gasteiger partial charge in [-0.2, -0.15) is 4.39 Å². The van der Waals surface area contributed by atoms with Gasteiger partial charge >= 0.3 is 0 Å². The molecule has 0 unspecified atom stereocenters.